The summed E-state index contributed by atoms with van der Waals surface area (Å²) in [5.74, 6) is -1.19. The van der Waals surface area contributed by atoms with Crippen LogP contribution in [0.5, 0.6) is 11.5 Å². The third-order valence-corrected chi connectivity index (χ3v) is 4.09. The smallest absolute Gasteiger partial charge is 0.329 e. The van der Waals surface area contributed by atoms with E-state index in [4.69, 9.17) is 21.1 Å². The molecule has 32 heavy (non-hydrogen) atoms. The Balaban J connectivity index is 1.95. The molecule has 3 amide bonds. The number of amides is 3. The molecule has 3 N–H and O–H groups in total. The average molecular weight is 461 g/mol. The number of hydrazone groups is 1. The van der Waals surface area contributed by atoms with Crippen LogP contribution in [0.1, 0.15) is 25.8 Å². The van der Waals surface area contributed by atoms with Crippen LogP contribution in [-0.4, -0.2) is 43.7 Å². The highest BCUT2D eigenvalue weighted by molar-refractivity contribution is 6.35. The van der Waals surface area contributed by atoms with Gasteiger partial charge in [-0.3, -0.25) is 14.4 Å². The Hall–Kier alpha value is -3.59. The molecule has 10 heteroatoms. The minimum atomic E-state index is -0.856. The number of hydrogen-bond acceptors (Lipinski definition) is 6. The van der Waals surface area contributed by atoms with E-state index in [2.05, 4.69) is 21.2 Å². The quantitative estimate of drug-likeness (QED) is 0.286. The second-order valence-electron chi connectivity index (χ2n) is 6.44. The third kappa shape index (κ3) is 8.27. The molecule has 0 heterocycles. The van der Waals surface area contributed by atoms with Crippen molar-refractivity contribution in [3.05, 3.63) is 53.1 Å². The molecule has 2 aromatic rings. The standard InChI is InChI=1S/C22H25ClN4O5/c1-3-10-24-21(29)22(30)27-25-13-15-8-9-18(19(11-15)31-4-2)32-14-20(28)26-17-7-5-6-16(23)12-17/h5-9,11-13H,3-4,10,14H2,1-2H3,(H,24,29)(H,26,28)(H,27,30)/b25-13-. The maximum Gasteiger partial charge on any atom is 0.329 e. The third-order valence-electron chi connectivity index (χ3n) is 3.86. The summed E-state index contributed by atoms with van der Waals surface area (Å²) in [7, 11) is 0. The number of nitrogens with zero attached hydrogens (tertiary/aromatic N) is 1. The monoisotopic (exact) mass is 460 g/mol. The van der Waals surface area contributed by atoms with Crippen molar-refractivity contribution in [3.8, 4) is 11.5 Å². The summed E-state index contributed by atoms with van der Waals surface area (Å²) in [4.78, 5) is 35.3. The van der Waals surface area contributed by atoms with Crippen molar-refractivity contribution in [2.75, 3.05) is 25.1 Å². The predicted molar refractivity (Wildman–Crippen MR) is 122 cm³/mol. The Labute approximate surface area is 191 Å². The van der Waals surface area contributed by atoms with Gasteiger partial charge >= 0.3 is 11.8 Å². The van der Waals surface area contributed by atoms with Gasteiger partial charge in [-0.15, -0.1) is 0 Å². The summed E-state index contributed by atoms with van der Waals surface area (Å²) in [5.41, 5.74) is 3.32. The van der Waals surface area contributed by atoms with Gasteiger partial charge in [-0.2, -0.15) is 5.10 Å². The summed E-state index contributed by atoms with van der Waals surface area (Å²) in [6.45, 7) is 4.24. The molecule has 0 saturated carbocycles. The van der Waals surface area contributed by atoms with E-state index in [-0.39, 0.29) is 12.5 Å². The van der Waals surface area contributed by atoms with Crippen LogP contribution < -0.4 is 25.5 Å². The first-order valence-corrected chi connectivity index (χ1v) is 10.4. The first-order valence-electron chi connectivity index (χ1n) is 9.99. The lowest BCUT2D eigenvalue weighted by Gasteiger charge is -2.12. The molecular formula is C22H25ClN4O5. The van der Waals surface area contributed by atoms with Crippen molar-refractivity contribution < 1.29 is 23.9 Å². The van der Waals surface area contributed by atoms with Crippen molar-refractivity contribution in [2.24, 2.45) is 5.10 Å². The van der Waals surface area contributed by atoms with Gasteiger partial charge < -0.3 is 20.1 Å². The summed E-state index contributed by atoms with van der Waals surface area (Å²) in [5, 5.41) is 9.43. The molecule has 0 aromatic heterocycles. The molecule has 0 aliphatic carbocycles. The number of halogens is 1. The van der Waals surface area contributed by atoms with E-state index in [1.165, 1.54) is 6.21 Å². The molecule has 2 rings (SSSR count). The molecule has 0 aliphatic heterocycles. The number of carbonyl (C=O) groups excluding carboxylic acids is 3. The number of nitrogens with one attached hydrogen (secondary N) is 3. The minimum absolute atomic E-state index is 0.233. The zero-order chi connectivity index (χ0) is 23.3. The van der Waals surface area contributed by atoms with Gasteiger partial charge in [-0.1, -0.05) is 24.6 Å². The number of hydrogen-bond donors (Lipinski definition) is 3. The molecule has 0 unspecified atom stereocenters. The van der Waals surface area contributed by atoms with Crippen molar-refractivity contribution in [3.63, 3.8) is 0 Å². The van der Waals surface area contributed by atoms with E-state index >= 15 is 0 Å². The lowest BCUT2D eigenvalue weighted by molar-refractivity contribution is -0.139. The zero-order valence-electron chi connectivity index (χ0n) is 17.8. The molecular weight excluding hydrogens is 436 g/mol. The molecule has 0 radical (unpaired) electrons. The van der Waals surface area contributed by atoms with Crippen molar-refractivity contribution in [1.29, 1.82) is 0 Å². The van der Waals surface area contributed by atoms with E-state index in [0.29, 0.717) is 40.9 Å². The fourth-order valence-electron chi connectivity index (χ4n) is 2.43. The Morgan fingerprint density at radius 3 is 2.56 bits per heavy atom. The SMILES string of the molecule is CCCNC(=O)C(=O)N/N=C\c1ccc(OCC(=O)Nc2cccc(Cl)c2)c(OCC)c1. The molecule has 0 saturated heterocycles. The van der Waals surface area contributed by atoms with Gasteiger partial charge in [-0.05, 0) is 55.3 Å². The van der Waals surface area contributed by atoms with Crippen LogP contribution in [0.3, 0.4) is 0 Å². The number of anilines is 1. The van der Waals surface area contributed by atoms with Gasteiger partial charge in [0.1, 0.15) is 0 Å². The van der Waals surface area contributed by atoms with E-state index in [0.717, 1.165) is 6.42 Å². The molecule has 2 aromatic carbocycles. The van der Waals surface area contributed by atoms with Gasteiger partial charge in [-0.25, -0.2) is 5.43 Å². The number of carbonyl (C=O) groups is 3. The van der Waals surface area contributed by atoms with E-state index in [1.807, 2.05) is 13.8 Å². The van der Waals surface area contributed by atoms with E-state index < -0.39 is 11.8 Å². The van der Waals surface area contributed by atoms with Gasteiger partial charge in [0, 0.05) is 17.3 Å². The minimum Gasteiger partial charge on any atom is -0.490 e. The summed E-state index contributed by atoms with van der Waals surface area (Å²) >= 11 is 5.91. The van der Waals surface area contributed by atoms with E-state index in [1.54, 1.807) is 42.5 Å². The predicted octanol–water partition coefficient (Wildman–Crippen LogP) is 2.73. The second kappa shape index (κ2) is 13.0. The van der Waals surface area contributed by atoms with Crippen molar-refractivity contribution in [2.45, 2.75) is 20.3 Å². The highest BCUT2D eigenvalue weighted by atomic mass is 35.5. The molecule has 0 aliphatic rings. The normalized spacial score (nSPS) is 10.5. The van der Waals surface area contributed by atoms with Crippen LogP contribution >= 0.6 is 11.6 Å². The van der Waals surface area contributed by atoms with Crippen LogP contribution in [0.4, 0.5) is 5.69 Å². The Morgan fingerprint density at radius 1 is 1.03 bits per heavy atom. The molecule has 0 spiro atoms. The fraction of sp³-hybridized carbons (Fsp3) is 0.273. The van der Waals surface area contributed by atoms with Gasteiger partial charge in [0.15, 0.2) is 18.1 Å². The lowest BCUT2D eigenvalue weighted by atomic mass is 10.2. The summed E-state index contributed by atoms with van der Waals surface area (Å²) in [6, 6.07) is 11.7. The lowest BCUT2D eigenvalue weighted by Crippen LogP contribution is -2.38. The van der Waals surface area contributed by atoms with Gasteiger partial charge in [0.25, 0.3) is 5.91 Å². The second-order valence-corrected chi connectivity index (χ2v) is 6.88. The number of rotatable bonds is 10. The average Bonchev–Trinajstić information content (AvgIpc) is 2.77. The van der Waals surface area contributed by atoms with Crippen LogP contribution in [0.25, 0.3) is 0 Å². The Kier molecular flexibility index (Phi) is 9.99. The largest absolute Gasteiger partial charge is 0.490 e. The maximum atomic E-state index is 12.1. The molecule has 170 valence electrons. The first kappa shape index (κ1) is 24.7. The van der Waals surface area contributed by atoms with Crippen molar-refractivity contribution >= 4 is 41.2 Å². The highest BCUT2D eigenvalue weighted by Crippen LogP contribution is 2.28. The topological polar surface area (TPSA) is 118 Å². The molecule has 0 bridgehead atoms. The highest BCUT2D eigenvalue weighted by Gasteiger charge is 2.12. The summed E-state index contributed by atoms with van der Waals surface area (Å²) < 4.78 is 11.2. The maximum absolute atomic E-state index is 12.1. The Bertz CT molecular complexity index is 981. The Morgan fingerprint density at radius 2 is 1.84 bits per heavy atom. The van der Waals surface area contributed by atoms with Gasteiger partial charge in [0.05, 0.1) is 12.8 Å². The zero-order valence-corrected chi connectivity index (χ0v) is 18.6. The molecule has 0 atom stereocenters. The molecule has 0 fully saturated rings. The van der Waals surface area contributed by atoms with Crippen LogP contribution in [0, 0.1) is 0 Å². The fourth-order valence-corrected chi connectivity index (χ4v) is 2.62. The first-order chi connectivity index (χ1) is 15.4. The van der Waals surface area contributed by atoms with Crippen LogP contribution in [-0.2, 0) is 14.4 Å². The number of benzene rings is 2. The molecule has 9 nitrogen and oxygen atoms in total. The summed E-state index contributed by atoms with van der Waals surface area (Å²) in [6.07, 6.45) is 2.09. The van der Waals surface area contributed by atoms with Crippen molar-refractivity contribution in [1.82, 2.24) is 10.7 Å². The number of ether oxygens (including phenoxy) is 2. The van der Waals surface area contributed by atoms with Crippen LogP contribution in [0.2, 0.25) is 5.02 Å². The van der Waals surface area contributed by atoms with Crippen LogP contribution in [0.15, 0.2) is 47.6 Å². The van der Waals surface area contributed by atoms with Gasteiger partial charge in [0.2, 0.25) is 0 Å². The van der Waals surface area contributed by atoms with E-state index in [9.17, 15) is 14.4 Å².